The Morgan fingerprint density at radius 2 is 1.79 bits per heavy atom. The normalized spacial score (nSPS) is 19.3. The van der Waals surface area contributed by atoms with Crippen molar-refractivity contribution in [2.24, 2.45) is 0 Å². The van der Waals surface area contributed by atoms with Crippen LogP contribution in [0, 0.1) is 13.8 Å². The molecule has 1 aliphatic heterocycles. The minimum atomic E-state index is -3.39. The highest BCUT2D eigenvalue weighted by molar-refractivity contribution is 8.00. The van der Waals surface area contributed by atoms with E-state index in [9.17, 15) is 8.42 Å². The van der Waals surface area contributed by atoms with Crippen LogP contribution in [0.4, 0.5) is 0 Å². The van der Waals surface area contributed by atoms with Gasteiger partial charge in [0.2, 0.25) is 10.0 Å². The van der Waals surface area contributed by atoms with E-state index >= 15 is 0 Å². The smallest absolute Gasteiger partial charge is 0.207 e. The van der Waals surface area contributed by atoms with Gasteiger partial charge < -0.3 is 0 Å². The topological polar surface area (TPSA) is 37.4 Å². The summed E-state index contributed by atoms with van der Waals surface area (Å²) in [5.41, 5.74) is 2.31. The Kier molecular flexibility index (Phi) is 5.33. The second-order valence-electron chi connectivity index (χ2n) is 6.37. The van der Waals surface area contributed by atoms with Crippen LogP contribution in [-0.4, -0.2) is 31.1 Å². The van der Waals surface area contributed by atoms with Crippen LogP contribution in [0.2, 0.25) is 0 Å². The van der Waals surface area contributed by atoms with Crippen molar-refractivity contribution in [3.8, 4) is 0 Å². The molecule has 0 N–H and O–H groups in total. The number of hydrogen-bond donors (Lipinski definition) is 0. The Bertz CT molecular complexity index is 800. The predicted octanol–water partition coefficient (Wildman–Crippen LogP) is 4.25. The second-order valence-corrected chi connectivity index (χ2v) is 9.69. The molecule has 1 fully saturated rings. The Balaban J connectivity index is 1.74. The molecule has 0 aromatic heterocycles. The molecule has 0 radical (unpaired) electrons. The maximum Gasteiger partial charge on any atom is 0.243 e. The molecule has 24 heavy (non-hydrogen) atoms. The number of rotatable bonds is 4. The molecule has 2 aromatic carbocycles. The SMILES string of the molecule is Cc1ccc(S(=O)(=O)N2CCCC(Sc3cccc(C)c3)C2)cc1. The van der Waals surface area contributed by atoms with Gasteiger partial charge in [-0.15, -0.1) is 11.8 Å². The summed E-state index contributed by atoms with van der Waals surface area (Å²) in [4.78, 5) is 1.61. The molecular weight excluding hydrogens is 338 g/mol. The molecule has 5 heteroatoms. The molecule has 1 atom stereocenters. The number of benzene rings is 2. The summed E-state index contributed by atoms with van der Waals surface area (Å²) in [6, 6.07) is 15.5. The first-order chi connectivity index (χ1) is 11.4. The van der Waals surface area contributed by atoms with Crippen LogP contribution in [-0.2, 0) is 10.0 Å². The number of aryl methyl sites for hydroxylation is 2. The van der Waals surface area contributed by atoms with Crippen molar-refractivity contribution in [2.45, 2.75) is 41.7 Å². The summed E-state index contributed by atoms with van der Waals surface area (Å²) in [6.45, 7) is 5.24. The van der Waals surface area contributed by atoms with Crippen LogP contribution in [0.3, 0.4) is 0 Å². The van der Waals surface area contributed by atoms with Crippen LogP contribution in [0.25, 0.3) is 0 Å². The summed E-state index contributed by atoms with van der Waals surface area (Å²) >= 11 is 1.79. The van der Waals surface area contributed by atoms with Crippen LogP contribution in [0.15, 0.2) is 58.3 Å². The standard InChI is InChI=1S/C19H23NO2S2/c1-15-8-10-19(11-9-15)24(21,22)20-12-4-7-18(14-20)23-17-6-3-5-16(2)13-17/h3,5-6,8-11,13,18H,4,7,12,14H2,1-2H3. The van der Waals surface area contributed by atoms with Crippen LogP contribution < -0.4 is 0 Å². The molecule has 2 aromatic rings. The lowest BCUT2D eigenvalue weighted by molar-refractivity contribution is 0.353. The van der Waals surface area contributed by atoms with Crippen molar-refractivity contribution in [1.82, 2.24) is 4.31 Å². The van der Waals surface area contributed by atoms with Crippen molar-refractivity contribution in [2.75, 3.05) is 13.1 Å². The Hall–Kier alpha value is -1.30. The van der Waals surface area contributed by atoms with E-state index in [0.29, 0.717) is 23.2 Å². The monoisotopic (exact) mass is 361 g/mol. The Morgan fingerprint density at radius 1 is 1.04 bits per heavy atom. The highest BCUT2D eigenvalue weighted by Crippen LogP contribution is 2.32. The molecule has 0 amide bonds. The predicted molar refractivity (Wildman–Crippen MR) is 100.0 cm³/mol. The lowest BCUT2D eigenvalue weighted by atomic mass is 10.2. The fourth-order valence-corrected chi connectivity index (χ4v) is 5.91. The molecule has 1 aliphatic rings. The van der Waals surface area contributed by atoms with Crippen molar-refractivity contribution in [3.63, 3.8) is 0 Å². The van der Waals surface area contributed by atoms with Gasteiger partial charge in [-0.1, -0.05) is 35.4 Å². The van der Waals surface area contributed by atoms with Gasteiger partial charge in [-0.2, -0.15) is 4.31 Å². The third-order valence-electron chi connectivity index (χ3n) is 4.29. The number of piperidine rings is 1. The van der Waals surface area contributed by atoms with Gasteiger partial charge in [0.15, 0.2) is 0 Å². The molecule has 1 saturated heterocycles. The van der Waals surface area contributed by atoms with E-state index in [1.54, 1.807) is 28.2 Å². The van der Waals surface area contributed by atoms with E-state index in [4.69, 9.17) is 0 Å². The van der Waals surface area contributed by atoms with Crippen molar-refractivity contribution in [1.29, 1.82) is 0 Å². The van der Waals surface area contributed by atoms with Gasteiger partial charge in [0.1, 0.15) is 0 Å². The number of thioether (sulfide) groups is 1. The summed E-state index contributed by atoms with van der Waals surface area (Å²) in [5.74, 6) is 0. The minimum absolute atomic E-state index is 0.306. The molecule has 0 bridgehead atoms. The number of sulfonamides is 1. The van der Waals surface area contributed by atoms with Gasteiger partial charge >= 0.3 is 0 Å². The second kappa shape index (κ2) is 7.30. The molecule has 0 spiro atoms. The zero-order valence-electron chi connectivity index (χ0n) is 14.1. The first-order valence-electron chi connectivity index (χ1n) is 8.25. The fraction of sp³-hybridized carbons (Fsp3) is 0.368. The summed E-state index contributed by atoms with van der Waals surface area (Å²) in [5, 5.41) is 0.306. The van der Waals surface area contributed by atoms with E-state index in [-0.39, 0.29) is 0 Å². The van der Waals surface area contributed by atoms with Crippen molar-refractivity contribution >= 4 is 21.8 Å². The van der Waals surface area contributed by atoms with E-state index in [2.05, 4.69) is 31.2 Å². The highest BCUT2D eigenvalue weighted by Gasteiger charge is 2.30. The van der Waals surface area contributed by atoms with Crippen LogP contribution >= 0.6 is 11.8 Å². The lowest BCUT2D eigenvalue weighted by Crippen LogP contribution is -2.41. The zero-order valence-corrected chi connectivity index (χ0v) is 15.7. The zero-order chi connectivity index (χ0) is 17.2. The van der Waals surface area contributed by atoms with Gasteiger partial charge in [0.25, 0.3) is 0 Å². The van der Waals surface area contributed by atoms with Gasteiger partial charge in [0, 0.05) is 23.2 Å². The van der Waals surface area contributed by atoms with E-state index in [0.717, 1.165) is 18.4 Å². The third kappa shape index (κ3) is 4.02. The van der Waals surface area contributed by atoms with Gasteiger partial charge in [-0.3, -0.25) is 0 Å². The molecule has 1 unspecified atom stereocenters. The first kappa shape index (κ1) is 17.5. The molecule has 3 nitrogen and oxygen atoms in total. The minimum Gasteiger partial charge on any atom is -0.207 e. The molecule has 128 valence electrons. The largest absolute Gasteiger partial charge is 0.243 e. The summed E-state index contributed by atoms with van der Waals surface area (Å²) < 4.78 is 27.4. The molecule has 1 heterocycles. The van der Waals surface area contributed by atoms with E-state index in [1.165, 1.54) is 10.5 Å². The Morgan fingerprint density at radius 3 is 2.50 bits per heavy atom. The molecule has 0 aliphatic carbocycles. The van der Waals surface area contributed by atoms with Crippen molar-refractivity contribution < 1.29 is 8.42 Å². The summed E-state index contributed by atoms with van der Waals surface area (Å²) in [6.07, 6.45) is 1.97. The number of hydrogen-bond acceptors (Lipinski definition) is 3. The third-order valence-corrected chi connectivity index (χ3v) is 7.42. The Labute approximate surface area is 149 Å². The lowest BCUT2D eigenvalue weighted by Gasteiger charge is -2.31. The molecular formula is C19H23NO2S2. The van der Waals surface area contributed by atoms with Crippen molar-refractivity contribution in [3.05, 3.63) is 59.7 Å². The number of nitrogens with zero attached hydrogens (tertiary/aromatic N) is 1. The van der Waals surface area contributed by atoms with Crippen LogP contribution in [0.1, 0.15) is 24.0 Å². The quantitative estimate of drug-likeness (QED) is 0.817. The van der Waals surface area contributed by atoms with E-state index < -0.39 is 10.0 Å². The molecule has 0 saturated carbocycles. The average molecular weight is 362 g/mol. The van der Waals surface area contributed by atoms with Gasteiger partial charge in [0.05, 0.1) is 4.90 Å². The van der Waals surface area contributed by atoms with E-state index in [1.807, 2.05) is 19.1 Å². The fourth-order valence-electron chi connectivity index (χ4n) is 2.96. The van der Waals surface area contributed by atoms with Gasteiger partial charge in [-0.25, -0.2) is 8.42 Å². The van der Waals surface area contributed by atoms with Crippen LogP contribution in [0.5, 0.6) is 0 Å². The first-order valence-corrected chi connectivity index (χ1v) is 10.6. The average Bonchev–Trinajstić information content (AvgIpc) is 2.55. The maximum absolute atomic E-state index is 12.9. The maximum atomic E-state index is 12.9. The molecule has 3 rings (SSSR count). The summed E-state index contributed by atoms with van der Waals surface area (Å²) in [7, 11) is -3.39. The van der Waals surface area contributed by atoms with Gasteiger partial charge in [-0.05, 0) is 51.0 Å². The highest BCUT2D eigenvalue weighted by atomic mass is 32.2.